The van der Waals surface area contributed by atoms with Crippen molar-refractivity contribution in [2.45, 2.75) is 31.7 Å². The normalized spacial score (nSPS) is 17.0. The Morgan fingerprint density at radius 2 is 1.69 bits per heavy atom. The van der Waals surface area contributed by atoms with Gasteiger partial charge in [0.15, 0.2) is 11.5 Å². The molecule has 160 valence electrons. The molecule has 8 heteroatoms. The topological polar surface area (TPSA) is 80.3 Å². The number of amides is 2. The second kappa shape index (κ2) is 9.82. The van der Waals surface area contributed by atoms with Gasteiger partial charge in [0, 0.05) is 38.6 Å². The first-order valence-electron chi connectivity index (χ1n) is 10.1. The van der Waals surface area contributed by atoms with Gasteiger partial charge in [0.05, 0.1) is 27.9 Å². The number of methoxy groups -OCH3 is 3. The van der Waals surface area contributed by atoms with Crippen LogP contribution < -0.4 is 19.5 Å². The lowest BCUT2D eigenvalue weighted by Crippen LogP contribution is -2.51. The van der Waals surface area contributed by atoms with Crippen molar-refractivity contribution in [3.63, 3.8) is 0 Å². The maximum Gasteiger partial charge on any atom is 0.234 e. The largest absolute Gasteiger partial charge is 0.493 e. The minimum absolute atomic E-state index is 0.0906. The van der Waals surface area contributed by atoms with E-state index in [0.717, 1.165) is 31.5 Å². The number of piperazine rings is 1. The van der Waals surface area contributed by atoms with Gasteiger partial charge in [-0.25, -0.2) is 0 Å². The third-order valence-electron chi connectivity index (χ3n) is 5.43. The van der Waals surface area contributed by atoms with Gasteiger partial charge in [0.25, 0.3) is 0 Å². The first kappa shape index (κ1) is 21.2. The maximum absolute atomic E-state index is 12.7. The summed E-state index contributed by atoms with van der Waals surface area (Å²) in [5.74, 6) is 1.95. The maximum atomic E-state index is 12.7. The van der Waals surface area contributed by atoms with Crippen molar-refractivity contribution in [3.8, 4) is 17.2 Å². The number of benzene rings is 1. The minimum atomic E-state index is 0.0906. The van der Waals surface area contributed by atoms with Crippen LogP contribution in [0.5, 0.6) is 17.2 Å². The Hall–Kier alpha value is -2.48. The van der Waals surface area contributed by atoms with Gasteiger partial charge in [-0.1, -0.05) is 6.07 Å². The molecule has 1 aliphatic carbocycles. The van der Waals surface area contributed by atoms with E-state index in [1.165, 1.54) is 0 Å². The quantitative estimate of drug-likeness (QED) is 0.662. The number of nitrogens with one attached hydrogen (secondary N) is 1. The van der Waals surface area contributed by atoms with E-state index >= 15 is 0 Å². The molecule has 0 radical (unpaired) electrons. The molecule has 1 aromatic carbocycles. The standard InChI is InChI=1S/C21H31N3O5/c1-27-17-8-4-15(20(28-2)21(17)29-3)5-9-19(26)24-12-10-23(11-13-24)14-18(25)22-16-6-7-16/h4,8,16H,5-7,9-14H2,1-3H3,(H,22,25). The van der Waals surface area contributed by atoms with E-state index in [4.69, 9.17) is 14.2 Å². The van der Waals surface area contributed by atoms with E-state index < -0.39 is 0 Å². The molecule has 1 heterocycles. The van der Waals surface area contributed by atoms with Gasteiger partial charge < -0.3 is 24.4 Å². The monoisotopic (exact) mass is 405 g/mol. The molecule has 8 nitrogen and oxygen atoms in total. The molecular formula is C21H31N3O5. The van der Waals surface area contributed by atoms with Crippen LogP contribution in [0.3, 0.4) is 0 Å². The van der Waals surface area contributed by atoms with Gasteiger partial charge in [0.1, 0.15) is 0 Å². The van der Waals surface area contributed by atoms with Crippen LogP contribution in [0, 0.1) is 0 Å². The van der Waals surface area contributed by atoms with Gasteiger partial charge in [-0.05, 0) is 30.9 Å². The van der Waals surface area contributed by atoms with E-state index in [1.54, 1.807) is 21.3 Å². The molecule has 0 bridgehead atoms. The van der Waals surface area contributed by atoms with Gasteiger partial charge >= 0.3 is 0 Å². The lowest BCUT2D eigenvalue weighted by Gasteiger charge is -2.34. The second-order valence-corrected chi connectivity index (χ2v) is 7.49. The number of rotatable bonds is 9. The molecular weight excluding hydrogens is 374 g/mol. The van der Waals surface area contributed by atoms with Crippen LogP contribution in [0.4, 0.5) is 0 Å². The predicted octanol–water partition coefficient (Wildman–Crippen LogP) is 1.07. The number of nitrogens with zero attached hydrogens (tertiary/aromatic N) is 2. The Morgan fingerprint density at radius 3 is 2.28 bits per heavy atom. The van der Waals surface area contributed by atoms with Crippen molar-refractivity contribution in [1.82, 2.24) is 15.1 Å². The summed E-state index contributed by atoms with van der Waals surface area (Å²) in [4.78, 5) is 28.6. The Bertz CT molecular complexity index is 727. The predicted molar refractivity (Wildman–Crippen MR) is 109 cm³/mol. The first-order valence-corrected chi connectivity index (χ1v) is 10.1. The van der Waals surface area contributed by atoms with E-state index in [1.807, 2.05) is 17.0 Å². The molecule has 1 saturated heterocycles. The summed E-state index contributed by atoms with van der Waals surface area (Å²) < 4.78 is 16.2. The van der Waals surface area contributed by atoms with E-state index in [0.29, 0.717) is 55.8 Å². The van der Waals surface area contributed by atoms with Crippen LogP contribution in [-0.4, -0.2) is 81.7 Å². The van der Waals surface area contributed by atoms with Crippen molar-refractivity contribution in [2.75, 3.05) is 54.1 Å². The number of aryl methyl sites for hydroxylation is 1. The van der Waals surface area contributed by atoms with Crippen LogP contribution in [0.25, 0.3) is 0 Å². The van der Waals surface area contributed by atoms with Gasteiger partial charge in [0.2, 0.25) is 17.6 Å². The Balaban J connectivity index is 1.48. The fourth-order valence-corrected chi connectivity index (χ4v) is 3.62. The number of carbonyl (C=O) groups excluding carboxylic acids is 2. The fourth-order valence-electron chi connectivity index (χ4n) is 3.62. The minimum Gasteiger partial charge on any atom is -0.493 e. The number of hydrogen-bond donors (Lipinski definition) is 1. The van der Waals surface area contributed by atoms with E-state index in [2.05, 4.69) is 10.2 Å². The van der Waals surface area contributed by atoms with Crippen LogP contribution in [0.2, 0.25) is 0 Å². The molecule has 0 spiro atoms. The summed E-state index contributed by atoms with van der Waals surface area (Å²) in [5.41, 5.74) is 0.911. The lowest BCUT2D eigenvalue weighted by molar-refractivity contribution is -0.133. The first-order chi connectivity index (χ1) is 14.0. The summed E-state index contributed by atoms with van der Waals surface area (Å²) >= 11 is 0. The van der Waals surface area contributed by atoms with Crippen LogP contribution in [0.15, 0.2) is 12.1 Å². The zero-order valence-corrected chi connectivity index (χ0v) is 17.5. The highest BCUT2D eigenvalue weighted by Gasteiger charge is 2.26. The third kappa shape index (κ3) is 5.53. The zero-order chi connectivity index (χ0) is 20.8. The molecule has 2 fully saturated rings. The van der Waals surface area contributed by atoms with Crippen molar-refractivity contribution >= 4 is 11.8 Å². The van der Waals surface area contributed by atoms with Crippen LogP contribution in [-0.2, 0) is 16.0 Å². The molecule has 0 atom stereocenters. The number of hydrogen-bond acceptors (Lipinski definition) is 6. The number of ether oxygens (including phenoxy) is 3. The Labute approximate surface area is 172 Å². The molecule has 2 amide bonds. The Morgan fingerprint density at radius 1 is 1.00 bits per heavy atom. The van der Waals surface area contributed by atoms with Crippen molar-refractivity contribution in [2.24, 2.45) is 0 Å². The summed E-state index contributed by atoms with van der Waals surface area (Å²) in [7, 11) is 4.73. The highest BCUT2D eigenvalue weighted by atomic mass is 16.5. The summed E-state index contributed by atoms with van der Waals surface area (Å²) in [5, 5.41) is 3.01. The number of carbonyl (C=O) groups is 2. The zero-order valence-electron chi connectivity index (χ0n) is 17.5. The summed E-state index contributed by atoms with van der Waals surface area (Å²) in [6.45, 7) is 3.17. The third-order valence-corrected chi connectivity index (χ3v) is 5.43. The summed E-state index contributed by atoms with van der Waals surface area (Å²) in [6.07, 6.45) is 3.15. The smallest absolute Gasteiger partial charge is 0.234 e. The molecule has 0 unspecified atom stereocenters. The highest BCUT2D eigenvalue weighted by molar-refractivity contribution is 5.79. The van der Waals surface area contributed by atoms with Gasteiger partial charge in [-0.2, -0.15) is 0 Å². The van der Waals surface area contributed by atoms with E-state index in [-0.39, 0.29) is 11.8 Å². The average molecular weight is 405 g/mol. The van der Waals surface area contributed by atoms with Crippen molar-refractivity contribution < 1.29 is 23.8 Å². The highest BCUT2D eigenvalue weighted by Crippen LogP contribution is 2.40. The van der Waals surface area contributed by atoms with Crippen LogP contribution in [0.1, 0.15) is 24.8 Å². The Kier molecular flexibility index (Phi) is 7.19. The molecule has 2 aliphatic rings. The lowest BCUT2D eigenvalue weighted by atomic mass is 10.1. The average Bonchev–Trinajstić information content (AvgIpc) is 3.55. The van der Waals surface area contributed by atoms with Crippen molar-refractivity contribution in [1.29, 1.82) is 0 Å². The molecule has 3 rings (SSSR count). The fraction of sp³-hybridized carbons (Fsp3) is 0.619. The van der Waals surface area contributed by atoms with Crippen molar-refractivity contribution in [3.05, 3.63) is 17.7 Å². The molecule has 1 saturated carbocycles. The molecule has 1 N–H and O–H groups in total. The van der Waals surface area contributed by atoms with Crippen LogP contribution >= 0.6 is 0 Å². The molecule has 29 heavy (non-hydrogen) atoms. The SMILES string of the molecule is COc1ccc(CCC(=O)N2CCN(CC(=O)NC3CC3)CC2)c(OC)c1OC. The van der Waals surface area contributed by atoms with Gasteiger partial charge in [-0.15, -0.1) is 0 Å². The van der Waals surface area contributed by atoms with Gasteiger partial charge in [-0.3, -0.25) is 14.5 Å². The summed E-state index contributed by atoms with van der Waals surface area (Å²) in [6, 6.07) is 4.12. The molecule has 1 aliphatic heterocycles. The molecule has 1 aromatic rings. The second-order valence-electron chi connectivity index (χ2n) is 7.49. The van der Waals surface area contributed by atoms with E-state index in [9.17, 15) is 9.59 Å². The molecule has 0 aromatic heterocycles.